The second-order valence-corrected chi connectivity index (χ2v) is 7.15. The molecule has 116 valence electrons. The molecule has 1 aromatic heterocycles. The van der Waals surface area contributed by atoms with Gasteiger partial charge in [0.25, 0.3) is 5.91 Å². The third-order valence-corrected chi connectivity index (χ3v) is 4.51. The molecule has 3 rings (SSSR count). The maximum atomic E-state index is 12.5. The van der Waals surface area contributed by atoms with Crippen LogP contribution in [-0.2, 0) is 9.84 Å². The van der Waals surface area contributed by atoms with E-state index in [2.05, 4.69) is 10.3 Å². The molecule has 1 N–H and O–H groups in total. The van der Waals surface area contributed by atoms with Gasteiger partial charge in [-0.15, -0.1) is 0 Å². The Bertz CT molecular complexity index is 992. The average molecular weight is 326 g/mol. The van der Waals surface area contributed by atoms with Crippen molar-refractivity contribution in [2.24, 2.45) is 0 Å². The Morgan fingerprint density at radius 2 is 1.78 bits per heavy atom. The van der Waals surface area contributed by atoms with Crippen LogP contribution < -0.4 is 5.32 Å². The van der Waals surface area contributed by atoms with Gasteiger partial charge in [-0.1, -0.05) is 24.3 Å². The van der Waals surface area contributed by atoms with Crippen LogP contribution in [0.2, 0.25) is 0 Å². The van der Waals surface area contributed by atoms with E-state index in [0.29, 0.717) is 16.8 Å². The number of fused-ring (bicyclic) bond motifs is 1. The van der Waals surface area contributed by atoms with Crippen LogP contribution in [0.25, 0.3) is 10.9 Å². The Morgan fingerprint density at radius 3 is 2.57 bits per heavy atom. The maximum absolute atomic E-state index is 12.5. The van der Waals surface area contributed by atoms with Crippen molar-refractivity contribution in [3.63, 3.8) is 0 Å². The van der Waals surface area contributed by atoms with Crippen molar-refractivity contribution in [2.45, 2.75) is 4.90 Å². The number of nitrogens with zero attached hydrogens (tertiary/aromatic N) is 1. The number of benzene rings is 2. The number of rotatable bonds is 3. The maximum Gasteiger partial charge on any atom is 0.257 e. The van der Waals surface area contributed by atoms with Crippen LogP contribution in [-0.4, -0.2) is 25.6 Å². The van der Waals surface area contributed by atoms with Gasteiger partial charge in [0.05, 0.1) is 16.0 Å². The summed E-state index contributed by atoms with van der Waals surface area (Å²) < 4.78 is 23.2. The molecule has 2 aromatic carbocycles. The molecule has 1 amide bonds. The normalized spacial score (nSPS) is 11.3. The lowest BCUT2D eigenvalue weighted by Crippen LogP contribution is -2.13. The summed E-state index contributed by atoms with van der Waals surface area (Å²) in [6.07, 6.45) is 2.76. The SMILES string of the molecule is CS(=O)(=O)c1cccc(NC(=O)c2cccc3cccnc23)c1. The number of anilines is 1. The van der Waals surface area contributed by atoms with E-state index in [0.717, 1.165) is 11.6 Å². The van der Waals surface area contributed by atoms with Crippen LogP contribution in [0.1, 0.15) is 10.4 Å². The van der Waals surface area contributed by atoms with E-state index < -0.39 is 9.84 Å². The summed E-state index contributed by atoms with van der Waals surface area (Å²) in [6.45, 7) is 0. The highest BCUT2D eigenvalue weighted by atomic mass is 32.2. The standard InChI is InChI=1S/C17H14N2O3S/c1-23(21,22)14-8-3-7-13(11-14)19-17(20)15-9-2-5-12-6-4-10-18-16(12)15/h2-11H,1H3,(H,19,20). The first-order chi connectivity index (χ1) is 10.9. The van der Waals surface area contributed by atoms with Crippen LogP contribution in [0.3, 0.4) is 0 Å². The number of carbonyl (C=O) groups is 1. The first kappa shape index (κ1) is 15.2. The number of aromatic nitrogens is 1. The smallest absolute Gasteiger partial charge is 0.257 e. The van der Waals surface area contributed by atoms with E-state index in [9.17, 15) is 13.2 Å². The second-order valence-electron chi connectivity index (χ2n) is 5.13. The number of sulfone groups is 1. The highest BCUT2D eigenvalue weighted by molar-refractivity contribution is 7.90. The fourth-order valence-electron chi connectivity index (χ4n) is 2.29. The van der Waals surface area contributed by atoms with E-state index >= 15 is 0 Å². The van der Waals surface area contributed by atoms with Gasteiger partial charge in [0.2, 0.25) is 0 Å². The molecule has 0 bridgehead atoms. The molecule has 0 atom stereocenters. The first-order valence-electron chi connectivity index (χ1n) is 6.90. The molecule has 1 heterocycles. The van der Waals surface area contributed by atoms with Gasteiger partial charge in [-0.3, -0.25) is 9.78 Å². The van der Waals surface area contributed by atoms with Crippen molar-refractivity contribution < 1.29 is 13.2 Å². The topological polar surface area (TPSA) is 76.1 Å². The molecule has 0 fully saturated rings. The molecule has 0 unspecified atom stereocenters. The van der Waals surface area contributed by atoms with Crippen molar-refractivity contribution in [3.8, 4) is 0 Å². The van der Waals surface area contributed by atoms with Gasteiger partial charge in [0.15, 0.2) is 9.84 Å². The highest BCUT2D eigenvalue weighted by Gasteiger charge is 2.13. The molecule has 5 nitrogen and oxygen atoms in total. The molecule has 6 heteroatoms. The summed E-state index contributed by atoms with van der Waals surface area (Å²) in [7, 11) is -3.32. The predicted octanol–water partition coefficient (Wildman–Crippen LogP) is 2.89. The molecular weight excluding hydrogens is 312 g/mol. The third-order valence-electron chi connectivity index (χ3n) is 3.40. The predicted molar refractivity (Wildman–Crippen MR) is 89.2 cm³/mol. The van der Waals surface area contributed by atoms with Gasteiger partial charge in [0, 0.05) is 23.5 Å². The Hall–Kier alpha value is -2.73. The molecule has 3 aromatic rings. The zero-order valence-electron chi connectivity index (χ0n) is 12.4. The summed E-state index contributed by atoms with van der Waals surface area (Å²) in [5.74, 6) is -0.333. The monoisotopic (exact) mass is 326 g/mol. The van der Waals surface area contributed by atoms with Crippen LogP contribution in [0.15, 0.2) is 65.7 Å². The molecule has 0 saturated heterocycles. The van der Waals surface area contributed by atoms with Crippen LogP contribution in [0, 0.1) is 0 Å². The van der Waals surface area contributed by atoms with E-state index in [1.54, 1.807) is 36.5 Å². The second kappa shape index (κ2) is 5.81. The molecule has 0 spiro atoms. The lowest BCUT2D eigenvalue weighted by Gasteiger charge is -2.08. The molecule has 23 heavy (non-hydrogen) atoms. The number of amides is 1. The Balaban J connectivity index is 1.96. The van der Waals surface area contributed by atoms with E-state index in [1.165, 1.54) is 12.1 Å². The number of hydrogen-bond donors (Lipinski definition) is 1. The summed E-state index contributed by atoms with van der Waals surface area (Å²) in [5.41, 5.74) is 1.46. The quantitative estimate of drug-likeness (QED) is 0.803. The average Bonchev–Trinajstić information content (AvgIpc) is 2.53. The van der Waals surface area contributed by atoms with Gasteiger partial charge >= 0.3 is 0 Å². The molecule has 0 aliphatic heterocycles. The minimum atomic E-state index is -3.32. The van der Waals surface area contributed by atoms with Gasteiger partial charge in [-0.2, -0.15) is 0 Å². The Morgan fingerprint density at radius 1 is 1.04 bits per heavy atom. The van der Waals surface area contributed by atoms with Crippen LogP contribution >= 0.6 is 0 Å². The summed E-state index contributed by atoms with van der Waals surface area (Å²) >= 11 is 0. The third kappa shape index (κ3) is 3.22. The zero-order chi connectivity index (χ0) is 16.4. The first-order valence-corrected chi connectivity index (χ1v) is 8.79. The van der Waals surface area contributed by atoms with E-state index in [1.807, 2.05) is 12.1 Å². The van der Waals surface area contributed by atoms with Crippen molar-refractivity contribution in [1.29, 1.82) is 0 Å². The minimum absolute atomic E-state index is 0.159. The summed E-state index contributed by atoms with van der Waals surface area (Å²) in [5, 5.41) is 3.59. The zero-order valence-corrected chi connectivity index (χ0v) is 13.2. The van der Waals surface area contributed by atoms with Crippen LogP contribution in [0.4, 0.5) is 5.69 Å². The fourth-order valence-corrected chi connectivity index (χ4v) is 2.96. The molecule has 0 radical (unpaired) electrons. The van der Waals surface area contributed by atoms with Crippen molar-refractivity contribution >= 4 is 32.3 Å². The molecule has 0 saturated carbocycles. The van der Waals surface area contributed by atoms with Crippen molar-refractivity contribution in [2.75, 3.05) is 11.6 Å². The van der Waals surface area contributed by atoms with Crippen molar-refractivity contribution in [1.82, 2.24) is 4.98 Å². The fraction of sp³-hybridized carbons (Fsp3) is 0.0588. The summed E-state index contributed by atoms with van der Waals surface area (Å²) in [4.78, 5) is 16.9. The van der Waals surface area contributed by atoms with E-state index in [-0.39, 0.29) is 10.8 Å². The van der Waals surface area contributed by atoms with Crippen LogP contribution in [0.5, 0.6) is 0 Å². The largest absolute Gasteiger partial charge is 0.322 e. The number of para-hydroxylation sites is 1. The minimum Gasteiger partial charge on any atom is -0.322 e. The Kier molecular flexibility index (Phi) is 3.83. The summed E-state index contributed by atoms with van der Waals surface area (Å²) in [6, 6.07) is 15.2. The van der Waals surface area contributed by atoms with Gasteiger partial charge < -0.3 is 5.32 Å². The molecule has 0 aliphatic rings. The number of nitrogens with one attached hydrogen (secondary N) is 1. The van der Waals surface area contributed by atoms with Gasteiger partial charge in [-0.05, 0) is 30.3 Å². The van der Waals surface area contributed by atoms with Crippen molar-refractivity contribution in [3.05, 3.63) is 66.4 Å². The van der Waals surface area contributed by atoms with Gasteiger partial charge in [0.1, 0.15) is 0 Å². The van der Waals surface area contributed by atoms with Gasteiger partial charge in [-0.25, -0.2) is 8.42 Å². The van der Waals surface area contributed by atoms with E-state index in [4.69, 9.17) is 0 Å². The Labute approximate surface area is 133 Å². The number of hydrogen-bond acceptors (Lipinski definition) is 4. The molecular formula is C17H14N2O3S. The highest BCUT2D eigenvalue weighted by Crippen LogP contribution is 2.19. The lowest BCUT2D eigenvalue weighted by molar-refractivity contribution is 0.102. The lowest BCUT2D eigenvalue weighted by atomic mass is 10.1. The number of pyridine rings is 1. The molecule has 0 aliphatic carbocycles. The number of carbonyl (C=O) groups excluding carboxylic acids is 1.